The Hall–Kier alpha value is -0.840. The van der Waals surface area contributed by atoms with Gasteiger partial charge in [0.25, 0.3) is 0 Å². The molecule has 1 heterocycles. The van der Waals surface area contributed by atoms with Gasteiger partial charge in [-0.25, -0.2) is 0 Å². The number of rotatable bonds is 6. The highest BCUT2D eigenvalue weighted by atomic mass is 16.5. The molecule has 0 aliphatic heterocycles. The van der Waals surface area contributed by atoms with Crippen LogP contribution in [0.2, 0.25) is 0 Å². The summed E-state index contributed by atoms with van der Waals surface area (Å²) >= 11 is 0. The minimum atomic E-state index is 0.104. The maximum atomic E-state index is 5.53. The molecule has 0 aromatic carbocycles. The van der Waals surface area contributed by atoms with Crippen LogP contribution in [0.4, 0.5) is 0 Å². The molecular weight excluding hydrogens is 180 g/mol. The van der Waals surface area contributed by atoms with Crippen LogP contribution in [0.5, 0.6) is 0 Å². The van der Waals surface area contributed by atoms with E-state index in [1.807, 2.05) is 13.1 Å². The summed E-state index contributed by atoms with van der Waals surface area (Å²) in [7, 11) is 3.72. The van der Waals surface area contributed by atoms with Gasteiger partial charge in [0.1, 0.15) is 0 Å². The zero-order chi connectivity index (χ0) is 10.4. The summed E-state index contributed by atoms with van der Waals surface area (Å²) in [5.41, 5.74) is 6.70. The number of hydrogen-bond donors (Lipinski definition) is 1. The topological polar surface area (TPSA) is 51.6 Å². The van der Waals surface area contributed by atoms with Gasteiger partial charge in [-0.3, -0.25) is 4.90 Å². The Labute approximate surface area is 84.6 Å². The Morgan fingerprint density at radius 3 is 2.93 bits per heavy atom. The maximum Gasteiger partial charge on any atom is 0.0947 e. The fourth-order valence-electron chi connectivity index (χ4n) is 1.35. The maximum absolute atomic E-state index is 5.53. The summed E-state index contributed by atoms with van der Waals surface area (Å²) in [5, 5.41) is 0. The van der Waals surface area contributed by atoms with Gasteiger partial charge in [0.2, 0.25) is 0 Å². The van der Waals surface area contributed by atoms with Gasteiger partial charge in [0.15, 0.2) is 0 Å². The molecule has 0 amide bonds. The van der Waals surface area contributed by atoms with Gasteiger partial charge in [0.05, 0.1) is 18.6 Å². The number of likely N-dealkylation sites (N-methyl/N-ethyl adjacent to an activating group) is 1. The van der Waals surface area contributed by atoms with E-state index >= 15 is 0 Å². The quantitative estimate of drug-likeness (QED) is 0.730. The Kier molecular flexibility index (Phi) is 4.65. The number of nitrogens with zero attached hydrogens (tertiary/aromatic N) is 1. The Balaban J connectivity index is 2.31. The average molecular weight is 198 g/mol. The number of hydrogen-bond acceptors (Lipinski definition) is 4. The lowest BCUT2D eigenvalue weighted by molar-refractivity contribution is 0.0761. The van der Waals surface area contributed by atoms with Gasteiger partial charge in [-0.05, 0) is 13.1 Å². The van der Waals surface area contributed by atoms with Crippen molar-refractivity contribution in [2.45, 2.75) is 12.6 Å². The standard InChI is InChI=1S/C10H18N2O2/c1-12(7-10(5-11)13-2)6-9-3-4-14-8-9/h3-4,8,10H,5-7,11H2,1-2H3. The van der Waals surface area contributed by atoms with E-state index in [4.69, 9.17) is 14.9 Å². The van der Waals surface area contributed by atoms with Crippen LogP contribution in [0.15, 0.2) is 23.0 Å². The van der Waals surface area contributed by atoms with Gasteiger partial charge in [-0.15, -0.1) is 0 Å². The summed E-state index contributed by atoms with van der Waals surface area (Å²) < 4.78 is 10.2. The Morgan fingerprint density at radius 1 is 1.64 bits per heavy atom. The van der Waals surface area contributed by atoms with E-state index in [1.54, 1.807) is 19.6 Å². The van der Waals surface area contributed by atoms with E-state index in [0.717, 1.165) is 13.1 Å². The summed E-state index contributed by atoms with van der Waals surface area (Å²) in [4.78, 5) is 2.16. The molecule has 1 unspecified atom stereocenters. The molecule has 1 aromatic heterocycles. The number of methoxy groups -OCH3 is 1. The van der Waals surface area contributed by atoms with Crippen molar-refractivity contribution in [3.8, 4) is 0 Å². The monoisotopic (exact) mass is 198 g/mol. The van der Waals surface area contributed by atoms with Crippen LogP contribution in [-0.2, 0) is 11.3 Å². The Bertz CT molecular complexity index is 232. The highest BCUT2D eigenvalue weighted by molar-refractivity contribution is 5.04. The first-order valence-electron chi connectivity index (χ1n) is 4.68. The molecule has 0 bridgehead atoms. The van der Waals surface area contributed by atoms with Crippen LogP contribution in [0, 0.1) is 0 Å². The molecule has 0 fully saturated rings. The molecular formula is C10H18N2O2. The van der Waals surface area contributed by atoms with Crippen LogP contribution in [0.25, 0.3) is 0 Å². The lowest BCUT2D eigenvalue weighted by Gasteiger charge is -2.21. The molecule has 1 aromatic rings. The van der Waals surface area contributed by atoms with Gasteiger partial charge in [-0.1, -0.05) is 0 Å². The third-order valence-electron chi connectivity index (χ3n) is 2.14. The molecule has 0 aliphatic carbocycles. The van der Waals surface area contributed by atoms with Crippen molar-refractivity contribution in [3.63, 3.8) is 0 Å². The van der Waals surface area contributed by atoms with E-state index in [2.05, 4.69) is 4.90 Å². The van der Waals surface area contributed by atoms with Gasteiger partial charge < -0.3 is 14.9 Å². The molecule has 80 valence electrons. The number of furan rings is 1. The fourth-order valence-corrected chi connectivity index (χ4v) is 1.35. The Morgan fingerprint density at radius 2 is 2.43 bits per heavy atom. The molecule has 1 rings (SSSR count). The first-order valence-corrected chi connectivity index (χ1v) is 4.68. The lowest BCUT2D eigenvalue weighted by Crippen LogP contribution is -2.35. The molecule has 2 N–H and O–H groups in total. The van der Waals surface area contributed by atoms with Gasteiger partial charge >= 0.3 is 0 Å². The second-order valence-electron chi connectivity index (χ2n) is 3.42. The van der Waals surface area contributed by atoms with E-state index in [-0.39, 0.29) is 6.10 Å². The van der Waals surface area contributed by atoms with Crippen LogP contribution >= 0.6 is 0 Å². The van der Waals surface area contributed by atoms with E-state index < -0.39 is 0 Å². The van der Waals surface area contributed by atoms with Crippen LogP contribution < -0.4 is 5.73 Å². The van der Waals surface area contributed by atoms with Gasteiger partial charge in [0, 0.05) is 32.3 Å². The van der Waals surface area contributed by atoms with Crippen molar-refractivity contribution in [2.24, 2.45) is 5.73 Å². The van der Waals surface area contributed by atoms with Crippen molar-refractivity contribution in [3.05, 3.63) is 24.2 Å². The molecule has 0 aliphatic rings. The summed E-state index contributed by atoms with van der Waals surface area (Å²) in [6, 6.07) is 1.96. The minimum Gasteiger partial charge on any atom is -0.472 e. The molecule has 4 nitrogen and oxygen atoms in total. The third kappa shape index (κ3) is 3.49. The number of nitrogens with two attached hydrogens (primary N) is 1. The second-order valence-corrected chi connectivity index (χ2v) is 3.42. The normalized spacial score (nSPS) is 13.4. The molecule has 4 heteroatoms. The first kappa shape index (κ1) is 11.2. The summed E-state index contributed by atoms with van der Waals surface area (Å²) in [6.45, 7) is 2.24. The SMILES string of the molecule is COC(CN)CN(C)Cc1ccoc1. The van der Waals surface area contributed by atoms with E-state index in [9.17, 15) is 0 Å². The largest absolute Gasteiger partial charge is 0.472 e. The van der Waals surface area contributed by atoms with E-state index in [0.29, 0.717) is 6.54 Å². The molecule has 0 saturated carbocycles. The number of ether oxygens (including phenoxy) is 1. The highest BCUT2D eigenvalue weighted by Crippen LogP contribution is 2.04. The predicted molar refractivity (Wildman–Crippen MR) is 54.9 cm³/mol. The predicted octanol–water partition coefficient (Wildman–Crippen LogP) is 0.685. The zero-order valence-corrected chi connectivity index (χ0v) is 8.77. The van der Waals surface area contributed by atoms with Crippen molar-refractivity contribution in [1.29, 1.82) is 0 Å². The lowest BCUT2D eigenvalue weighted by atomic mass is 10.3. The molecule has 1 atom stereocenters. The first-order chi connectivity index (χ1) is 6.76. The minimum absolute atomic E-state index is 0.104. The summed E-state index contributed by atoms with van der Waals surface area (Å²) in [6.07, 6.45) is 3.53. The van der Waals surface area contributed by atoms with Gasteiger partial charge in [-0.2, -0.15) is 0 Å². The molecule has 0 spiro atoms. The van der Waals surface area contributed by atoms with Crippen molar-refractivity contribution in [1.82, 2.24) is 4.90 Å². The van der Waals surface area contributed by atoms with Crippen molar-refractivity contribution >= 4 is 0 Å². The van der Waals surface area contributed by atoms with Crippen molar-refractivity contribution < 1.29 is 9.15 Å². The molecule has 0 radical (unpaired) electrons. The van der Waals surface area contributed by atoms with Crippen LogP contribution in [-0.4, -0.2) is 38.3 Å². The van der Waals surface area contributed by atoms with Crippen molar-refractivity contribution in [2.75, 3.05) is 27.2 Å². The van der Waals surface area contributed by atoms with E-state index in [1.165, 1.54) is 5.56 Å². The van der Waals surface area contributed by atoms with Crippen LogP contribution in [0.1, 0.15) is 5.56 Å². The smallest absolute Gasteiger partial charge is 0.0947 e. The zero-order valence-electron chi connectivity index (χ0n) is 8.77. The fraction of sp³-hybridized carbons (Fsp3) is 0.600. The molecule has 0 saturated heterocycles. The third-order valence-corrected chi connectivity index (χ3v) is 2.14. The summed E-state index contributed by atoms with van der Waals surface area (Å²) in [5.74, 6) is 0. The highest BCUT2D eigenvalue weighted by Gasteiger charge is 2.09. The second kappa shape index (κ2) is 5.80. The average Bonchev–Trinajstić information content (AvgIpc) is 2.66. The molecule has 14 heavy (non-hydrogen) atoms. The van der Waals surface area contributed by atoms with Crippen LogP contribution in [0.3, 0.4) is 0 Å².